The Balaban J connectivity index is 1.87. The number of allylic oxidation sites excluding steroid dienone is 1. The number of benzene rings is 2. The number of hydrogen-bond donors (Lipinski definition) is 2. The standard InChI is InChI=1S/C23H26Cl2N2O7S/c1-5-14(2)23(29)16-7-9-18(22(25)21(16)24)34-13-20(28)26-10-11-27-35(30,31)15-6-8-17(32-3)19(12-15)33-4/h6-9,12,27H,2,5,10-11,13H2,1,3-4H3,(H,26,28). The first-order valence-corrected chi connectivity index (χ1v) is 12.6. The minimum Gasteiger partial charge on any atom is -0.493 e. The van der Waals surface area contributed by atoms with E-state index in [-0.39, 0.29) is 50.9 Å². The lowest BCUT2D eigenvalue weighted by Crippen LogP contribution is -2.36. The predicted octanol–water partition coefficient (Wildman–Crippen LogP) is 3.63. The summed E-state index contributed by atoms with van der Waals surface area (Å²) in [5.74, 6) is -0.0408. The van der Waals surface area contributed by atoms with Crippen LogP contribution < -0.4 is 24.2 Å². The molecule has 0 spiro atoms. The number of methoxy groups -OCH3 is 2. The zero-order valence-electron chi connectivity index (χ0n) is 19.4. The second-order valence-electron chi connectivity index (χ2n) is 7.08. The van der Waals surface area contributed by atoms with Gasteiger partial charge in [-0.15, -0.1) is 0 Å². The van der Waals surface area contributed by atoms with Crippen LogP contribution in [0.2, 0.25) is 10.0 Å². The molecule has 0 radical (unpaired) electrons. The van der Waals surface area contributed by atoms with E-state index in [1.807, 2.05) is 0 Å². The zero-order chi connectivity index (χ0) is 26.2. The first kappa shape index (κ1) is 28.4. The molecule has 0 unspecified atom stereocenters. The molecule has 0 bridgehead atoms. The maximum Gasteiger partial charge on any atom is 0.257 e. The van der Waals surface area contributed by atoms with Gasteiger partial charge < -0.3 is 19.5 Å². The fourth-order valence-electron chi connectivity index (χ4n) is 2.82. The summed E-state index contributed by atoms with van der Waals surface area (Å²) < 4.78 is 42.9. The van der Waals surface area contributed by atoms with Crippen LogP contribution in [0.25, 0.3) is 0 Å². The monoisotopic (exact) mass is 544 g/mol. The van der Waals surface area contributed by atoms with Crippen molar-refractivity contribution in [3.05, 3.63) is 58.1 Å². The molecule has 0 aliphatic carbocycles. The third kappa shape index (κ3) is 7.35. The summed E-state index contributed by atoms with van der Waals surface area (Å²) in [6, 6.07) is 7.08. The lowest BCUT2D eigenvalue weighted by atomic mass is 10.0. The third-order valence-electron chi connectivity index (χ3n) is 4.80. The molecule has 2 aromatic rings. The molecule has 0 fully saturated rings. The van der Waals surface area contributed by atoms with Crippen LogP contribution in [0.3, 0.4) is 0 Å². The first-order chi connectivity index (χ1) is 16.5. The minimum absolute atomic E-state index is 0.00287. The van der Waals surface area contributed by atoms with Gasteiger partial charge in [0.2, 0.25) is 10.0 Å². The van der Waals surface area contributed by atoms with Gasteiger partial charge in [-0.2, -0.15) is 0 Å². The quantitative estimate of drug-likeness (QED) is 0.224. The lowest BCUT2D eigenvalue weighted by Gasteiger charge is -2.13. The van der Waals surface area contributed by atoms with E-state index in [0.717, 1.165) is 0 Å². The topological polar surface area (TPSA) is 120 Å². The lowest BCUT2D eigenvalue weighted by molar-refractivity contribution is -0.123. The second-order valence-corrected chi connectivity index (χ2v) is 9.60. The molecule has 0 heterocycles. The Hall–Kier alpha value is -2.79. The summed E-state index contributed by atoms with van der Waals surface area (Å²) in [6.45, 7) is 5.05. The molecule has 0 aliphatic rings. The number of hydrogen-bond acceptors (Lipinski definition) is 7. The number of sulfonamides is 1. The van der Waals surface area contributed by atoms with Crippen molar-refractivity contribution in [3.8, 4) is 17.2 Å². The van der Waals surface area contributed by atoms with Crippen molar-refractivity contribution >= 4 is 44.9 Å². The summed E-state index contributed by atoms with van der Waals surface area (Å²) in [4.78, 5) is 24.4. The van der Waals surface area contributed by atoms with Gasteiger partial charge in [0, 0.05) is 24.7 Å². The highest BCUT2D eigenvalue weighted by Crippen LogP contribution is 2.35. The number of rotatable bonds is 13. The van der Waals surface area contributed by atoms with E-state index in [4.69, 9.17) is 37.4 Å². The molecular formula is C23H26Cl2N2O7S. The molecule has 2 rings (SSSR count). The van der Waals surface area contributed by atoms with E-state index in [0.29, 0.717) is 17.7 Å². The van der Waals surface area contributed by atoms with Crippen LogP contribution in [0.4, 0.5) is 0 Å². The predicted molar refractivity (Wildman–Crippen MR) is 133 cm³/mol. The molecule has 190 valence electrons. The number of nitrogens with one attached hydrogen (secondary N) is 2. The number of halogens is 2. The summed E-state index contributed by atoms with van der Waals surface area (Å²) in [5.41, 5.74) is 0.583. The summed E-state index contributed by atoms with van der Waals surface area (Å²) in [5, 5.41) is 2.53. The number of amides is 1. The van der Waals surface area contributed by atoms with E-state index in [1.54, 1.807) is 6.92 Å². The summed E-state index contributed by atoms with van der Waals surface area (Å²) in [6.07, 6.45) is 0.468. The third-order valence-corrected chi connectivity index (χ3v) is 7.13. The Kier molecular flexibility index (Phi) is 10.4. The largest absolute Gasteiger partial charge is 0.493 e. The fraction of sp³-hybridized carbons (Fsp3) is 0.304. The Morgan fingerprint density at radius 1 is 0.971 bits per heavy atom. The fourth-order valence-corrected chi connectivity index (χ4v) is 4.33. The van der Waals surface area contributed by atoms with Gasteiger partial charge in [-0.05, 0) is 36.3 Å². The van der Waals surface area contributed by atoms with Crippen LogP contribution in [0.1, 0.15) is 23.7 Å². The minimum atomic E-state index is -3.83. The molecule has 1 amide bonds. The molecule has 35 heavy (non-hydrogen) atoms. The van der Waals surface area contributed by atoms with Crippen LogP contribution in [0.5, 0.6) is 17.2 Å². The average Bonchev–Trinajstić information content (AvgIpc) is 2.86. The average molecular weight is 545 g/mol. The van der Waals surface area contributed by atoms with E-state index < -0.39 is 22.5 Å². The van der Waals surface area contributed by atoms with Crippen molar-refractivity contribution in [1.29, 1.82) is 0 Å². The molecule has 2 N–H and O–H groups in total. The van der Waals surface area contributed by atoms with Gasteiger partial charge in [0.05, 0.1) is 24.1 Å². The summed E-state index contributed by atoms with van der Waals surface area (Å²) >= 11 is 12.4. The van der Waals surface area contributed by atoms with Crippen molar-refractivity contribution in [3.63, 3.8) is 0 Å². The molecule has 0 aliphatic heterocycles. The van der Waals surface area contributed by atoms with E-state index in [9.17, 15) is 18.0 Å². The highest BCUT2D eigenvalue weighted by molar-refractivity contribution is 7.89. The van der Waals surface area contributed by atoms with Crippen LogP contribution >= 0.6 is 23.2 Å². The first-order valence-electron chi connectivity index (χ1n) is 10.4. The molecular weight excluding hydrogens is 519 g/mol. The smallest absolute Gasteiger partial charge is 0.257 e. The molecule has 2 aromatic carbocycles. The number of carbonyl (C=O) groups excluding carboxylic acids is 2. The van der Waals surface area contributed by atoms with E-state index in [1.165, 1.54) is 44.6 Å². The van der Waals surface area contributed by atoms with Crippen molar-refractivity contribution in [2.45, 2.75) is 18.2 Å². The summed E-state index contributed by atoms with van der Waals surface area (Å²) in [7, 11) is -0.990. The Bertz CT molecular complexity index is 1220. The molecule has 0 saturated heterocycles. The van der Waals surface area contributed by atoms with Crippen molar-refractivity contribution in [2.75, 3.05) is 33.9 Å². The van der Waals surface area contributed by atoms with Crippen molar-refractivity contribution in [1.82, 2.24) is 10.0 Å². The Labute approximate surface area is 214 Å². The maximum atomic E-state index is 12.5. The van der Waals surface area contributed by atoms with Crippen LogP contribution in [0, 0.1) is 0 Å². The van der Waals surface area contributed by atoms with Gasteiger partial charge in [0.25, 0.3) is 5.91 Å². The molecule has 12 heteroatoms. The molecule has 0 aromatic heterocycles. The number of ketones is 1. The molecule has 0 saturated carbocycles. The second kappa shape index (κ2) is 12.8. The van der Waals surface area contributed by atoms with Gasteiger partial charge in [-0.3, -0.25) is 9.59 Å². The van der Waals surface area contributed by atoms with Crippen LogP contribution in [0.15, 0.2) is 47.4 Å². The van der Waals surface area contributed by atoms with Crippen molar-refractivity contribution in [2.24, 2.45) is 0 Å². The molecule has 9 nitrogen and oxygen atoms in total. The van der Waals surface area contributed by atoms with Gasteiger partial charge in [0.1, 0.15) is 10.8 Å². The zero-order valence-corrected chi connectivity index (χ0v) is 21.8. The normalized spacial score (nSPS) is 11.0. The Morgan fingerprint density at radius 2 is 1.63 bits per heavy atom. The van der Waals surface area contributed by atoms with Crippen LogP contribution in [-0.4, -0.2) is 54.0 Å². The SMILES string of the molecule is C=C(CC)C(=O)c1ccc(OCC(=O)NCCNS(=O)(=O)c2ccc(OC)c(OC)c2)c(Cl)c1Cl. The van der Waals surface area contributed by atoms with Crippen molar-refractivity contribution < 1.29 is 32.2 Å². The van der Waals surface area contributed by atoms with Crippen LogP contribution in [-0.2, 0) is 14.8 Å². The number of Topliss-reactive ketones (excluding diaryl/α,β-unsaturated/α-hetero) is 1. The molecule has 0 atom stereocenters. The van der Waals surface area contributed by atoms with Gasteiger partial charge in [-0.1, -0.05) is 36.7 Å². The van der Waals surface area contributed by atoms with Gasteiger partial charge in [-0.25, -0.2) is 13.1 Å². The Morgan fingerprint density at radius 3 is 2.26 bits per heavy atom. The van der Waals surface area contributed by atoms with Gasteiger partial charge in [0.15, 0.2) is 23.9 Å². The maximum absolute atomic E-state index is 12.5. The highest BCUT2D eigenvalue weighted by Gasteiger charge is 2.19. The number of carbonyl (C=O) groups is 2. The highest BCUT2D eigenvalue weighted by atomic mass is 35.5. The van der Waals surface area contributed by atoms with Gasteiger partial charge >= 0.3 is 0 Å². The van der Waals surface area contributed by atoms with E-state index >= 15 is 0 Å². The van der Waals surface area contributed by atoms with E-state index in [2.05, 4.69) is 16.6 Å². The number of ether oxygens (including phenoxy) is 3.